The Morgan fingerprint density at radius 2 is 1.67 bits per heavy atom. The van der Waals surface area contributed by atoms with Crippen LogP contribution in [0.4, 0.5) is 5.69 Å². The number of nitrogens with one attached hydrogen (secondary N) is 1. The lowest BCUT2D eigenvalue weighted by atomic mass is 10.1. The van der Waals surface area contributed by atoms with E-state index in [1.165, 1.54) is 11.3 Å². The molecule has 7 heteroatoms. The summed E-state index contributed by atoms with van der Waals surface area (Å²) in [6, 6.07) is 8.91. The zero-order valence-corrected chi connectivity index (χ0v) is 22.3. The van der Waals surface area contributed by atoms with Gasteiger partial charge in [-0.3, -0.25) is 9.69 Å². The molecule has 0 aliphatic rings. The number of carbonyl (C=O) groups is 1. The predicted octanol–water partition coefficient (Wildman–Crippen LogP) is 5.52. The molecule has 1 aromatic heterocycles. The fraction of sp³-hybridized carbons (Fsp3) is 0.577. The molecule has 0 saturated carbocycles. The van der Waals surface area contributed by atoms with Gasteiger partial charge >= 0.3 is 0 Å². The minimum Gasteiger partial charge on any atom is -0.491 e. The summed E-state index contributed by atoms with van der Waals surface area (Å²) in [6.07, 6.45) is 0. The number of hydrogen-bond donors (Lipinski definition) is 1. The molecular weight excluding hydrogens is 434 g/mol. The van der Waals surface area contributed by atoms with E-state index in [0.29, 0.717) is 30.1 Å². The molecule has 1 aromatic carbocycles. The highest BCUT2D eigenvalue weighted by Crippen LogP contribution is 2.46. The van der Waals surface area contributed by atoms with E-state index < -0.39 is 0 Å². The summed E-state index contributed by atoms with van der Waals surface area (Å²) in [7, 11) is 1.68. The second kappa shape index (κ2) is 12.8. The first-order valence-electron chi connectivity index (χ1n) is 12.0. The van der Waals surface area contributed by atoms with Crippen molar-refractivity contribution >= 4 is 22.9 Å². The van der Waals surface area contributed by atoms with Crippen LogP contribution in [0.5, 0.6) is 11.5 Å². The molecule has 0 fully saturated rings. The Labute approximate surface area is 203 Å². The van der Waals surface area contributed by atoms with Crippen molar-refractivity contribution in [1.82, 2.24) is 10.2 Å². The summed E-state index contributed by atoms with van der Waals surface area (Å²) < 4.78 is 11.8. The van der Waals surface area contributed by atoms with E-state index in [2.05, 4.69) is 68.8 Å². The smallest absolute Gasteiger partial charge is 0.261 e. The molecule has 0 bridgehead atoms. The maximum atomic E-state index is 12.8. The van der Waals surface area contributed by atoms with Crippen molar-refractivity contribution in [1.29, 1.82) is 0 Å². The van der Waals surface area contributed by atoms with Crippen molar-refractivity contribution in [3.05, 3.63) is 29.1 Å². The first-order valence-corrected chi connectivity index (χ1v) is 12.8. The normalized spacial score (nSPS) is 11.4. The molecule has 0 radical (unpaired) electrons. The molecule has 33 heavy (non-hydrogen) atoms. The fourth-order valence-corrected chi connectivity index (χ4v) is 5.09. The number of rotatable bonds is 13. The van der Waals surface area contributed by atoms with E-state index in [1.807, 2.05) is 19.1 Å². The lowest BCUT2D eigenvalue weighted by molar-refractivity contribution is 0.0943. The van der Waals surface area contributed by atoms with Crippen molar-refractivity contribution in [3.63, 3.8) is 0 Å². The van der Waals surface area contributed by atoms with Gasteiger partial charge in [-0.15, -0.1) is 11.3 Å². The number of thiophene rings is 1. The van der Waals surface area contributed by atoms with Gasteiger partial charge in [0.15, 0.2) is 11.5 Å². The molecular formula is C26H41N3O3S. The molecule has 1 amide bonds. The van der Waals surface area contributed by atoms with E-state index >= 15 is 0 Å². The number of methoxy groups -OCH3 is 1. The Kier molecular flexibility index (Phi) is 10.5. The largest absolute Gasteiger partial charge is 0.491 e. The zero-order chi connectivity index (χ0) is 24.5. The SMILES string of the molecule is CCOc1c(-c2ccc(C(=O)NCCN(C(C)C)C(C)C)s2)ccc(N(CC)CC)c1OC. The highest BCUT2D eigenvalue weighted by molar-refractivity contribution is 7.17. The molecule has 2 aromatic rings. The van der Waals surface area contributed by atoms with Gasteiger partial charge < -0.3 is 19.7 Å². The summed E-state index contributed by atoms with van der Waals surface area (Å²) in [4.78, 5) is 19.1. The van der Waals surface area contributed by atoms with Gasteiger partial charge in [0.1, 0.15) is 0 Å². The van der Waals surface area contributed by atoms with E-state index in [1.54, 1.807) is 7.11 Å². The van der Waals surface area contributed by atoms with Crippen LogP contribution in [0.1, 0.15) is 58.1 Å². The van der Waals surface area contributed by atoms with Crippen LogP contribution in [0.25, 0.3) is 10.4 Å². The number of benzene rings is 1. The van der Waals surface area contributed by atoms with E-state index in [4.69, 9.17) is 9.47 Å². The van der Waals surface area contributed by atoms with Crippen LogP contribution in [0, 0.1) is 0 Å². The van der Waals surface area contributed by atoms with Gasteiger partial charge in [-0.2, -0.15) is 0 Å². The summed E-state index contributed by atoms with van der Waals surface area (Å²) in [5.41, 5.74) is 1.96. The molecule has 0 atom stereocenters. The first kappa shape index (κ1) is 27.0. The summed E-state index contributed by atoms with van der Waals surface area (Å²) in [5.74, 6) is 1.42. The van der Waals surface area contributed by atoms with Crippen molar-refractivity contribution in [2.45, 2.75) is 60.5 Å². The van der Waals surface area contributed by atoms with Crippen molar-refractivity contribution in [2.75, 3.05) is 44.8 Å². The highest BCUT2D eigenvalue weighted by Gasteiger charge is 2.21. The van der Waals surface area contributed by atoms with E-state index in [9.17, 15) is 4.79 Å². The van der Waals surface area contributed by atoms with Gasteiger partial charge in [-0.1, -0.05) is 0 Å². The standard InChI is InChI=1S/C26H41N3O3S/c1-9-28(10-2)21-13-12-20(24(32-11-3)25(21)31-8)22-14-15-23(33-22)26(30)27-16-17-29(18(4)5)19(6)7/h12-15,18-19H,9-11,16-17H2,1-8H3,(H,27,30). The van der Waals surface area contributed by atoms with Crippen LogP contribution >= 0.6 is 11.3 Å². The predicted molar refractivity (Wildman–Crippen MR) is 140 cm³/mol. The third-order valence-corrected chi connectivity index (χ3v) is 6.88. The van der Waals surface area contributed by atoms with Gasteiger partial charge in [0, 0.05) is 48.7 Å². The minimum absolute atomic E-state index is 0.0385. The van der Waals surface area contributed by atoms with Gasteiger partial charge in [0.05, 0.1) is 24.3 Å². The molecule has 6 nitrogen and oxygen atoms in total. The van der Waals surface area contributed by atoms with Gasteiger partial charge in [-0.25, -0.2) is 0 Å². The summed E-state index contributed by atoms with van der Waals surface area (Å²) >= 11 is 1.48. The number of anilines is 1. The molecule has 184 valence electrons. The van der Waals surface area contributed by atoms with Crippen LogP contribution in [-0.4, -0.2) is 62.8 Å². The van der Waals surface area contributed by atoms with Crippen LogP contribution in [0.15, 0.2) is 24.3 Å². The average molecular weight is 476 g/mol. The molecule has 2 rings (SSSR count). The number of nitrogens with zero attached hydrogens (tertiary/aromatic N) is 2. The average Bonchev–Trinajstić information content (AvgIpc) is 3.27. The highest BCUT2D eigenvalue weighted by atomic mass is 32.1. The second-order valence-electron chi connectivity index (χ2n) is 8.45. The second-order valence-corrected chi connectivity index (χ2v) is 9.53. The summed E-state index contributed by atoms with van der Waals surface area (Å²) in [6.45, 7) is 18.7. The van der Waals surface area contributed by atoms with Crippen LogP contribution in [0.2, 0.25) is 0 Å². The van der Waals surface area contributed by atoms with Crippen molar-refractivity contribution in [2.24, 2.45) is 0 Å². The monoisotopic (exact) mass is 475 g/mol. The quantitative estimate of drug-likeness (QED) is 0.414. The van der Waals surface area contributed by atoms with Crippen molar-refractivity contribution < 1.29 is 14.3 Å². The van der Waals surface area contributed by atoms with Gasteiger partial charge in [0.25, 0.3) is 5.91 Å². The fourth-order valence-electron chi connectivity index (χ4n) is 4.15. The van der Waals surface area contributed by atoms with Crippen LogP contribution < -0.4 is 19.7 Å². The molecule has 0 aliphatic heterocycles. The third-order valence-electron chi connectivity index (χ3n) is 5.77. The number of amides is 1. The molecule has 1 heterocycles. The number of ether oxygens (including phenoxy) is 2. The first-order chi connectivity index (χ1) is 15.8. The topological polar surface area (TPSA) is 54.0 Å². The van der Waals surface area contributed by atoms with Crippen molar-refractivity contribution in [3.8, 4) is 21.9 Å². The van der Waals surface area contributed by atoms with Gasteiger partial charge in [-0.05, 0) is 72.7 Å². The Hall–Kier alpha value is -2.25. The van der Waals surface area contributed by atoms with Crippen LogP contribution in [0.3, 0.4) is 0 Å². The number of hydrogen-bond acceptors (Lipinski definition) is 6. The maximum Gasteiger partial charge on any atom is 0.261 e. The molecule has 0 spiro atoms. The lowest BCUT2D eigenvalue weighted by Crippen LogP contribution is -2.42. The van der Waals surface area contributed by atoms with E-state index in [0.717, 1.165) is 47.3 Å². The maximum absolute atomic E-state index is 12.8. The Morgan fingerprint density at radius 3 is 2.21 bits per heavy atom. The lowest BCUT2D eigenvalue weighted by Gasteiger charge is -2.30. The Bertz CT molecular complexity index is 883. The summed E-state index contributed by atoms with van der Waals surface area (Å²) in [5, 5.41) is 3.07. The Morgan fingerprint density at radius 1 is 1.00 bits per heavy atom. The minimum atomic E-state index is -0.0385. The third kappa shape index (κ3) is 6.64. The Balaban J connectivity index is 2.25. The molecule has 0 saturated heterocycles. The molecule has 0 aliphatic carbocycles. The van der Waals surface area contributed by atoms with Crippen LogP contribution in [-0.2, 0) is 0 Å². The number of carbonyl (C=O) groups excluding carboxylic acids is 1. The zero-order valence-electron chi connectivity index (χ0n) is 21.5. The molecule has 1 N–H and O–H groups in total. The van der Waals surface area contributed by atoms with Gasteiger partial charge in [0.2, 0.25) is 0 Å². The van der Waals surface area contributed by atoms with E-state index in [-0.39, 0.29) is 5.91 Å². The molecule has 0 unspecified atom stereocenters.